The number of rotatable bonds is 4. The predicted octanol–water partition coefficient (Wildman–Crippen LogP) is 2.13. The third-order valence-corrected chi connectivity index (χ3v) is 2.02. The Morgan fingerprint density at radius 3 is 2.18 bits per heavy atom. The van der Waals surface area contributed by atoms with Gasteiger partial charge in [-0.05, 0) is 18.9 Å². The van der Waals surface area contributed by atoms with E-state index in [1.165, 1.54) is 6.21 Å². The summed E-state index contributed by atoms with van der Waals surface area (Å²) in [5, 5.41) is 6.81. The van der Waals surface area contributed by atoms with Crippen molar-refractivity contribution in [2.24, 2.45) is 5.92 Å². The van der Waals surface area contributed by atoms with E-state index in [2.05, 4.69) is 25.7 Å². The van der Waals surface area contributed by atoms with Crippen molar-refractivity contribution in [2.45, 2.75) is 26.8 Å². The first-order valence-electron chi connectivity index (χ1n) is 3.98. The van der Waals surface area contributed by atoms with Crippen molar-refractivity contribution in [3.05, 3.63) is 12.3 Å². The molecule has 0 aliphatic carbocycles. The maximum Gasteiger partial charge on any atom is 0.0275 e. The second-order valence-corrected chi connectivity index (χ2v) is 3.16. The van der Waals surface area contributed by atoms with Crippen molar-refractivity contribution in [2.75, 3.05) is 7.05 Å². The molecule has 0 saturated carbocycles. The molecule has 0 aromatic rings. The first kappa shape index (κ1) is 10.2. The summed E-state index contributed by atoms with van der Waals surface area (Å²) >= 11 is 0. The Kier molecular flexibility index (Phi) is 4.59. The molecule has 0 amide bonds. The monoisotopic (exact) mass is 154 g/mol. The minimum Gasteiger partial charge on any atom is -0.377 e. The smallest absolute Gasteiger partial charge is 0.0275 e. The molecule has 0 rings (SSSR count). The number of hydrogen-bond donors (Lipinski definition) is 1. The fourth-order valence-electron chi connectivity index (χ4n) is 0.785. The summed E-state index contributed by atoms with van der Waals surface area (Å²) in [6, 6.07) is 0.534. The highest BCUT2D eigenvalue weighted by molar-refractivity contribution is 5.67. The standard InChI is InChI=1S/C9H18N2/c1-8(2)9(3)11(4)7-5-6-10/h5-10H,1-4H3/b7-5-,10-6?/t9-/m0/s1. The van der Waals surface area contributed by atoms with Crippen LogP contribution in [0.15, 0.2) is 12.3 Å². The molecule has 0 saturated heterocycles. The molecular weight excluding hydrogens is 136 g/mol. The molecule has 0 heterocycles. The fourth-order valence-corrected chi connectivity index (χ4v) is 0.785. The van der Waals surface area contributed by atoms with E-state index in [0.717, 1.165) is 0 Å². The Balaban J connectivity index is 3.91. The van der Waals surface area contributed by atoms with E-state index in [-0.39, 0.29) is 0 Å². The Hall–Kier alpha value is -0.790. The fraction of sp³-hybridized carbons (Fsp3) is 0.667. The van der Waals surface area contributed by atoms with Crippen LogP contribution in [0, 0.1) is 11.3 Å². The largest absolute Gasteiger partial charge is 0.377 e. The molecule has 0 aliphatic heterocycles. The van der Waals surface area contributed by atoms with E-state index < -0.39 is 0 Å². The van der Waals surface area contributed by atoms with Gasteiger partial charge in [0.25, 0.3) is 0 Å². The highest BCUT2D eigenvalue weighted by Gasteiger charge is 2.08. The zero-order chi connectivity index (χ0) is 8.85. The quantitative estimate of drug-likeness (QED) is 0.617. The summed E-state index contributed by atoms with van der Waals surface area (Å²) in [6.45, 7) is 6.57. The van der Waals surface area contributed by atoms with Crippen LogP contribution in [0.2, 0.25) is 0 Å². The third kappa shape index (κ3) is 3.81. The molecule has 0 spiro atoms. The van der Waals surface area contributed by atoms with Gasteiger partial charge in [0, 0.05) is 25.5 Å². The van der Waals surface area contributed by atoms with Gasteiger partial charge in [-0.1, -0.05) is 13.8 Å². The summed E-state index contributed by atoms with van der Waals surface area (Å²) in [4.78, 5) is 2.12. The lowest BCUT2D eigenvalue weighted by Crippen LogP contribution is -2.28. The van der Waals surface area contributed by atoms with Crippen LogP contribution in [0.25, 0.3) is 0 Å². The molecular formula is C9H18N2. The van der Waals surface area contributed by atoms with Gasteiger partial charge in [-0.15, -0.1) is 0 Å². The highest BCUT2D eigenvalue weighted by Crippen LogP contribution is 2.07. The Bertz CT molecular complexity index is 138. The van der Waals surface area contributed by atoms with Gasteiger partial charge in [0.05, 0.1) is 0 Å². The van der Waals surface area contributed by atoms with Gasteiger partial charge in [-0.3, -0.25) is 0 Å². The summed E-state index contributed by atoms with van der Waals surface area (Å²) in [6.07, 6.45) is 4.96. The first-order chi connectivity index (χ1) is 5.09. The van der Waals surface area contributed by atoms with E-state index in [0.29, 0.717) is 12.0 Å². The molecule has 0 fully saturated rings. The van der Waals surface area contributed by atoms with Gasteiger partial charge in [-0.25, -0.2) is 0 Å². The van der Waals surface area contributed by atoms with Gasteiger partial charge < -0.3 is 10.3 Å². The highest BCUT2D eigenvalue weighted by atomic mass is 15.1. The molecule has 0 unspecified atom stereocenters. The average molecular weight is 154 g/mol. The lowest BCUT2D eigenvalue weighted by molar-refractivity contribution is 0.280. The van der Waals surface area contributed by atoms with Crippen molar-refractivity contribution >= 4 is 6.21 Å². The molecule has 1 atom stereocenters. The van der Waals surface area contributed by atoms with Crippen LogP contribution in [0.5, 0.6) is 0 Å². The zero-order valence-corrected chi connectivity index (χ0v) is 7.83. The van der Waals surface area contributed by atoms with Crippen molar-refractivity contribution in [3.8, 4) is 0 Å². The van der Waals surface area contributed by atoms with Crippen LogP contribution in [-0.2, 0) is 0 Å². The molecule has 11 heavy (non-hydrogen) atoms. The second-order valence-electron chi connectivity index (χ2n) is 3.16. The van der Waals surface area contributed by atoms with E-state index in [1.807, 2.05) is 13.2 Å². The molecule has 0 aliphatic rings. The van der Waals surface area contributed by atoms with Gasteiger partial charge in [-0.2, -0.15) is 0 Å². The van der Waals surface area contributed by atoms with Crippen molar-refractivity contribution in [1.82, 2.24) is 4.90 Å². The molecule has 1 N–H and O–H groups in total. The maximum atomic E-state index is 6.81. The van der Waals surface area contributed by atoms with Crippen LogP contribution in [0.1, 0.15) is 20.8 Å². The lowest BCUT2D eigenvalue weighted by Gasteiger charge is -2.26. The molecule has 2 nitrogen and oxygen atoms in total. The summed E-state index contributed by atoms with van der Waals surface area (Å²) in [7, 11) is 2.03. The normalized spacial score (nSPS) is 13.9. The molecule has 0 radical (unpaired) electrons. The SMILES string of the molecule is CC(C)[C@H](C)N(C)/C=C\C=N. The second kappa shape index (κ2) is 4.94. The lowest BCUT2D eigenvalue weighted by atomic mass is 10.1. The minimum absolute atomic E-state index is 0.534. The number of nitrogens with zero attached hydrogens (tertiary/aromatic N) is 1. The Morgan fingerprint density at radius 1 is 1.27 bits per heavy atom. The van der Waals surface area contributed by atoms with Gasteiger partial charge >= 0.3 is 0 Å². The van der Waals surface area contributed by atoms with Crippen LogP contribution >= 0.6 is 0 Å². The molecule has 2 heteroatoms. The van der Waals surface area contributed by atoms with Crippen molar-refractivity contribution < 1.29 is 0 Å². The number of allylic oxidation sites excluding steroid dienone is 1. The molecule has 64 valence electrons. The van der Waals surface area contributed by atoms with Gasteiger partial charge in [0.1, 0.15) is 0 Å². The topological polar surface area (TPSA) is 27.1 Å². The summed E-state index contributed by atoms with van der Waals surface area (Å²) < 4.78 is 0. The van der Waals surface area contributed by atoms with E-state index in [4.69, 9.17) is 5.41 Å². The minimum atomic E-state index is 0.534. The Labute approximate surface area is 69.4 Å². The summed E-state index contributed by atoms with van der Waals surface area (Å²) in [5.74, 6) is 0.649. The van der Waals surface area contributed by atoms with Gasteiger partial charge in [0.15, 0.2) is 0 Å². The summed E-state index contributed by atoms with van der Waals surface area (Å²) in [5.41, 5.74) is 0. The zero-order valence-electron chi connectivity index (χ0n) is 7.83. The van der Waals surface area contributed by atoms with Crippen LogP contribution in [0.4, 0.5) is 0 Å². The number of nitrogens with one attached hydrogen (secondary N) is 1. The van der Waals surface area contributed by atoms with Crippen molar-refractivity contribution in [1.29, 1.82) is 5.41 Å². The van der Waals surface area contributed by atoms with Crippen LogP contribution < -0.4 is 0 Å². The number of hydrogen-bond acceptors (Lipinski definition) is 2. The van der Waals surface area contributed by atoms with E-state index >= 15 is 0 Å². The van der Waals surface area contributed by atoms with E-state index in [9.17, 15) is 0 Å². The van der Waals surface area contributed by atoms with Crippen LogP contribution in [-0.4, -0.2) is 24.2 Å². The predicted molar refractivity (Wildman–Crippen MR) is 50.0 cm³/mol. The van der Waals surface area contributed by atoms with Crippen molar-refractivity contribution in [3.63, 3.8) is 0 Å². The Morgan fingerprint density at radius 2 is 1.82 bits per heavy atom. The molecule has 0 aromatic carbocycles. The third-order valence-electron chi connectivity index (χ3n) is 2.02. The first-order valence-corrected chi connectivity index (χ1v) is 3.98. The van der Waals surface area contributed by atoms with E-state index in [1.54, 1.807) is 6.08 Å². The maximum absolute atomic E-state index is 6.81. The average Bonchev–Trinajstić information content (AvgIpc) is 1.98. The van der Waals surface area contributed by atoms with Gasteiger partial charge in [0.2, 0.25) is 0 Å². The molecule has 0 bridgehead atoms. The van der Waals surface area contributed by atoms with Crippen LogP contribution in [0.3, 0.4) is 0 Å². The molecule has 0 aromatic heterocycles.